The Labute approximate surface area is 301 Å². The number of H-pyrrole nitrogens is 1. The van der Waals surface area contributed by atoms with Crippen molar-refractivity contribution in [3.63, 3.8) is 0 Å². The second kappa shape index (κ2) is 19.4. The maximum Gasteiger partial charge on any atom is 0.359 e. The fourth-order valence-electron chi connectivity index (χ4n) is 5.06. The number of hydrogen-bond donors (Lipinski definition) is 1. The van der Waals surface area contributed by atoms with Gasteiger partial charge in [-0.3, -0.25) is 37.5 Å². The molecule has 0 aliphatic heterocycles. The molecule has 1 N–H and O–H groups in total. The van der Waals surface area contributed by atoms with E-state index in [1.54, 1.807) is 41.5 Å². The van der Waals surface area contributed by atoms with Crippen molar-refractivity contribution in [3.05, 3.63) is 45.0 Å². The number of aromatic nitrogens is 2. The van der Waals surface area contributed by atoms with Crippen LogP contribution in [0.2, 0.25) is 0 Å². The number of rotatable bonds is 18. The third kappa shape index (κ3) is 13.3. The highest BCUT2D eigenvalue weighted by molar-refractivity contribution is 7.57. The van der Waals surface area contributed by atoms with E-state index < -0.39 is 87.9 Å². The molecule has 1 aliphatic rings. The first-order chi connectivity index (χ1) is 23.6. The van der Waals surface area contributed by atoms with Crippen LogP contribution < -0.4 is 11.2 Å². The van der Waals surface area contributed by atoms with Crippen molar-refractivity contribution in [1.29, 1.82) is 5.26 Å². The summed E-state index contributed by atoms with van der Waals surface area (Å²) in [5.74, 6) is -0.679. The zero-order chi connectivity index (χ0) is 38.7. The highest BCUT2D eigenvalue weighted by Crippen LogP contribution is 2.54. The Kier molecular flexibility index (Phi) is 16.9. The van der Waals surface area contributed by atoms with Crippen LogP contribution in [0.15, 0.2) is 33.7 Å². The Hall–Kier alpha value is -2.73. The summed E-state index contributed by atoms with van der Waals surface area (Å²) >= 11 is 0. The van der Waals surface area contributed by atoms with Gasteiger partial charge >= 0.3 is 25.2 Å². The Bertz CT molecular complexity index is 1500. The van der Waals surface area contributed by atoms with Crippen LogP contribution in [0.25, 0.3) is 0 Å². The molecule has 1 saturated carbocycles. The standard InChI is InChI=1S/C33H54N4O12P2/c1-22(2)37(23(3)4)50(46-17-12-15-34)49-27-24(19-25(28(27)43-11)36-16-13-26(38)35-31(36)41)14-18-51(42,47-20-44-29(39)32(5,6)7)48-21-45-30(40)33(8,9)10/h13-14,16,18,22-25,27-28H,12,17,19-21H2,1-11H3,(H,35,38,41)/b18-14+. The molecule has 0 bridgehead atoms. The average Bonchev–Trinajstić information content (AvgIpc) is 3.35. The Morgan fingerprint density at radius 1 is 1.04 bits per heavy atom. The average molecular weight is 761 g/mol. The van der Waals surface area contributed by atoms with Gasteiger partial charge in [-0.1, -0.05) is 6.08 Å². The molecule has 1 aromatic rings. The van der Waals surface area contributed by atoms with E-state index in [9.17, 15) is 29.0 Å². The molecule has 16 nitrogen and oxygen atoms in total. The zero-order valence-electron chi connectivity index (χ0n) is 31.4. The third-order valence-corrected chi connectivity index (χ3v) is 11.2. The molecule has 1 heterocycles. The number of hydrogen-bond acceptors (Lipinski definition) is 14. The van der Waals surface area contributed by atoms with E-state index in [1.807, 2.05) is 32.4 Å². The van der Waals surface area contributed by atoms with Crippen LogP contribution in [0.1, 0.15) is 88.1 Å². The van der Waals surface area contributed by atoms with Gasteiger partial charge in [0, 0.05) is 43.2 Å². The van der Waals surface area contributed by atoms with Crippen LogP contribution in [-0.4, -0.2) is 77.8 Å². The van der Waals surface area contributed by atoms with Crippen LogP contribution in [0, 0.1) is 28.1 Å². The molecule has 0 saturated heterocycles. The van der Waals surface area contributed by atoms with Gasteiger partial charge in [-0.2, -0.15) is 5.26 Å². The summed E-state index contributed by atoms with van der Waals surface area (Å²) in [5.41, 5.74) is -2.95. The molecular weight excluding hydrogens is 706 g/mol. The molecule has 1 aliphatic carbocycles. The number of nitrogens with zero attached hydrogens (tertiary/aromatic N) is 3. The van der Waals surface area contributed by atoms with Crippen molar-refractivity contribution in [2.75, 3.05) is 27.3 Å². The molecule has 5 unspecified atom stereocenters. The summed E-state index contributed by atoms with van der Waals surface area (Å²) in [6.07, 6.45) is 1.62. The van der Waals surface area contributed by atoms with E-state index in [4.69, 9.17) is 32.3 Å². The van der Waals surface area contributed by atoms with E-state index in [2.05, 4.69) is 11.1 Å². The number of carbonyl (C=O) groups is 2. The highest BCUT2D eigenvalue weighted by atomic mass is 31.2. The summed E-state index contributed by atoms with van der Waals surface area (Å²) in [7, 11) is -4.62. The summed E-state index contributed by atoms with van der Waals surface area (Å²) in [5, 5.41) is 9.19. The van der Waals surface area contributed by atoms with Crippen molar-refractivity contribution < 1.29 is 46.5 Å². The van der Waals surface area contributed by atoms with E-state index in [0.29, 0.717) is 0 Å². The largest absolute Gasteiger partial charge is 0.438 e. The maximum atomic E-state index is 14.1. The first kappa shape index (κ1) is 44.4. The number of carbonyl (C=O) groups excluding carboxylic acids is 2. The summed E-state index contributed by atoms with van der Waals surface area (Å²) in [4.78, 5) is 51.9. The van der Waals surface area contributed by atoms with Crippen molar-refractivity contribution >= 4 is 28.1 Å². The van der Waals surface area contributed by atoms with Crippen molar-refractivity contribution in [2.24, 2.45) is 16.7 Å². The lowest BCUT2D eigenvalue weighted by Crippen LogP contribution is -2.40. The second-order valence-electron chi connectivity index (χ2n) is 14.5. The lowest BCUT2D eigenvalue weighted by atomic mass is 9.98. The zero-order valence-corrected chi connectivity index (χ0v) is 33.2. The van der Waals surface area contributed by atoms with Crippen LogP contribution in [0.5, 0.6) is 0 Å². The van der Waals surface area contributed by atoms with Gasteiger partial charge in [-0.25, -0.2) is 9.46 Å². The molecule has 0 amide bonds. The number of methoxy groups -OCH3 is 1. The van der Waals surface area contributed by atoms with Gasteiger partial charge in [-0.15, -0.1) is 0 Å². The number of nitrogens with one attached hydrogen (secondary N) is 1. The quantitative estimate of drug-likeness (QED) is 0.0839. The van der Waals surface area contributed by atoms with Crippen molar-refractivity contribution in [3.8, 4) is 6.07 Å². The molecule has 18 heteroatoms. The predicted octanol–water partition coefficient (Wildman–Crippen LogP) is 5.61. The number of ether oxygens (including phenoxy) is 3. The number of esters is 2. The van der Waals surface area contributed by atoms with E-state index in [1.165, 1.54) is 30.0 Å². The minimum absolute atomic E-state index is 0.0270. The topological polar surface area (TPSA) is 198 Å². The molecule has 51 heavy (non-hydrogen) atoms. The van der Waals surface area contributed by atoms with E-state index >= 15 is 0 Å². The smallest absolute Gasteiger partial charge is 0.359 e. The predicted molar refractivity (Wildman–Crippen MR) is 189 cm³/mol. The number of nitriles is 1. The molecule has 5 atom stereocenters. The molecule has 1 aromatic heterocycles. The third-order valence-electron chi connectivity index (χ3n) is 7.58. The lowest BCUT2D eigenvalue weighted by molar-refractivity contribution is -0.161. The SMILES string of the molecule is COC1C(OP(OCCC#N)N(C(C)C)C(C)C)C(/C=C/P(=O)(OCOC(=O)C(C)(C)C)OCOC(=O)C(C)(C)C)CC1n1ccc(=O)[nH]c1=O. The molecule has 0 spiro atoms. The van der Waals surface area contributed by atoms with Gasteiger partial charge in [-0.05, 0) is 75.7 Å². The van der Waals surface area contributed by atoms with Crippen molar-refractivity contribution in [2.45, 2.75) is 112 Å². The van der Waals surface area contributed by atoms with Gasteiger partial charge in [0.2, 0.25) is 13.6 Å². The first-order valence-electron chi connectivity index (χ1n) is 16.7. The van der Waals surface area contributed by atoms with Gasteiger partial charge in [0.15, 0.2) is 0 Å². The summed E-state index contributed by atoms with van der Waals surface area (Å²) in [6.45, 7) is 16.5. The second-order valence-corrected chi connectivity index (χ2v) is 17.8. The minimum Gasteiger partial charge on any atom is -0.438 e. The van der Waals surface area contributed by atoms with Crippen LogP contribution >= 0.6 is 16.1 Å². The Morgan fingerprint density at radius 3 is 2.04 bits per heavy atom. The molecule has 0 radical (unpaired) electrons. The van der Waals surface area contributed by atoms with Crippen LogP contribution in [0.3, 0.4) is 0 Å². The normalized spacial score (nSPS) is 20.6. The molecule has 0 aromatic carbocycles. The Morgan fingerprint density at radius 2 is 1.59 bits per heavy atom. The molecule has 2 rings (SSSR count). The van der Waals surface area contributed by atoms with Gasteiger partial charge < -0.3 is 23.3 Å². The van der Waals surface area contributed by atoms with Crippen LogP contribution in [0.4, 0.5) is 0 Å². The molecule has 288 valence electrons. The van der Waals surface area contributed by atoms with Gasteiger partial charge in [0.05, 0.1) is 36.0 Å². The van der Waals surface area contributed by atoms with Gasteiger partial charge in [0.25, 0.3) is 14.1 Å². The molecular formula is C33H54N4O12P2. The molecule has 1 fully saturated rings. The van der Waals surface area contributed by atoms with Gasteiger partial charge in [0.1, 0.15) is 12.2 Å². The first-order valence-corrected chi connectivity index (χ1v) is 19.4. The number of aromatic amines is 1. The fourth-order valence-corrected chi connectivity index (χ4v) is 7.93. The fraction of sp³-hybridized carbons (Fsp3) is 0.727. The monoisotopic (exact) mass is 760 g/mol. The van der Waals surface area contributed by atoms with E-state index in [0.717, 1.165) is 5.82 Å². The lowest BCUT2D eigenvalue weighted by Gasteiger charge is -2.38. The Balaban J connectivity index is 2.59. The van der Waals surface area contributed by atoms with Crippen LogP contribution in [-0.2, 0) is 46.5 Å². The summed E-state index contributed by atoms with van der Waals surface area (Å²) < 4.78 is 57.6. The highest BCUT2D eigenvalue weighted by Gasteiger charge is 2.48. The maximum absolute atomic E-state index is 14.1. The minimum atomic E-state index is -4.28. The van der Waals surface area contributed by atoms with Crippen molar-refractivity contribution in [1.82, 2.24) is 14.2 Å². The van der Waals surface area contributed by atoms with E-state index in [-0.39, 0.29) is 31.5 Å². The summed E-state index contributed by atoms with van der Waals surface area (Å²) in [6, 6.07) is 2.57.